The fraction of sp³-hybridized carbons (Fsp3) is 0.318. The molecule has 3 rings (SSSR count). The highest BCUT2D eigenvalue weighted by Gasteiger charge is 2.15. The van der Waals surface area contributed by atoms with Gasteiger partial charge in [0.1, 0.15) is 17.2 Å². The maximum atomic E-state index is 10.4. The molecular weight excluding hydrogens is 340 g/mol. The first-order valence-electron chi connectivity index (χ1n) is 9.32. The number of rotatable bonds is 8. The van der Waals surface area contributed by atoms with Crippen LogP contribution in [0.3, 0.4) is 0 Å². The molecule has 2 aromatic carbocycles. The van der Waals surface area contributed by atoms with Crippen LogP contribution in [0.4, 0.5) is 0 Å². The third-order valence-corrected chi connectivity index (χ3v) is 4.63. The van der Waals surface area contributed by atoms with Gasteiger partial charge in [0.2, 0.25) is 0 Å². The zero-order valence-corrected chi connectivity index (χ0v) is 15.9. The average Bonchev–Trinajstić information content (AvgIpc) is 3.10. The second-order valence-corrected chi connectivity index (χ2v) is 6.71. The Kier molecular flexibility index (Phi) is 6.01. The minimum absolute atomic E-state index is 0.0659. The number of benzene rings is 2. The van der Waals surface area contributed by atoms with Crippen molar-refractivity contribution in [3.8, 4) is 28.5 Å². The molecule has 142 valence electrons. The van der Waals surface area contributed by atoms with Crippen molar-refractivity contribution >= 4 is 0 Å². The normalized spacial score (nSPS) is 10.9. The van der Waals surface area contributed by atoms with Crippen LogP contribution < -0.4 is 4.74 Å². The summed E-state index contributed by atoms with van der Waals surface area (Å²) < 4.78 is 6.95. The van der Waals surface area contributed by atoms with Crippen molar-refractivity contribution < 1.29 is 14.9 Å². The lowest BCUT2D eigenvalue weighted by molar-refractivity contribution is 0.414. The van der Waals surface area contributed by atoms with E-state index >= 15 is 0 Å². The Morgan fingerprint density at radius 2 is 1.67 bits per heavy atom. The minimum Gasteiger partial charge on any atom is -0.507 e. The van der Waals surface area contributed by atoms with Crippen molar-refractivity contribution in [2.24, 2.45) is 0 Å². The highest BCUT2D eigenvalue weighted by molar-refractivity contribution is 5.74. The summed E-state index contributed by atoms with van der Waals surface area (Å²) in [4.78, 5) is 0. The van der Waals surface area contributed by atoms with Gasteiger partial charge in [-0.2, -0.15) is 5.10 Å². The number of aryl methyl sites for hydroxylation is 1. The third kappa shape index (κ3) is 4.61. The molecule has 27 heavy (non-hydrogen) atoms. The van der Waals surface area contributed by atoms with Crippen LogP contribution in [0.25, 0.3) is 11.3 Å². The van der Waals surface area contributed by atoms with Crippen molar-refractivity contribution in [1.29, 1.82) is 0 Å². The van der Waals surface area contributed by atoms with Crippen LogP contribution in [0.1, 0.15) is 37.3 Å². The summed E-state index contributed by atoms with van der Waals surface area (Å²) in [6.07, 6.45) is 6.01. The number of hydrogen-bond acceptors (Lipinski definition) is 4. The number of hydrogen-bond donors (Lipinski definition) is 2. The van der Waals surface area contributed by atoms with Crippen molar-refractivity contribution in [1.82, 2.24) is 9.78 Å². The molecule has 0 radical (unpaired) electrons. The Balaban J connectivity index is 1.76. The maximum absolute atomic E-state index is 10.4. The monoisotopic (exact) mass is 366 g/mol. The van der Waals surface area contributed by atoms with Gasteiger partial charge in [-0.1, -0.05) is 31.9 Å². The van der Waals surface area contributed by atoms with E-state index in [2.05, 4.69) is 12.0 Å². The predicted octanol–water partition coefficient (Wildman–Crippen LogP) is 4.75. The fourth-order valence-electron chi connectivity index (χ4n) is 3.16. The van der Waals surface area contributed by atoms with E-state index in [0.29, 0.717) is 17.8 Å². The van der Waals surface area contributed by atoms with Gasteiger partial charge in [-0.15, -0.1) is 0 Å². The molecule has 5 nitrogen and oxygen atoms in total. The van der Waals surface area contributed by atoms with Gasteiger partial charge in [-0.25, -0.2) is 0 Å². The molecule has 0 spiro atoms. The van der Waals surface area contributed by atoms with Gasteiger partial charge in [0.05, 0.1) is 24.9 Å². The van der Waals surface area contributed by atoms with Crippen LogP contribution >= 0.6 is 0 Å². The molecule has 3 aromatic rings. The van der Waals surface area contributed by atoms with Crippen LogP contribution in [0.2, 0.25) is 0 Å². The number of phenols is 2. The quantitative estimate of drug-likeness (QED) is 0.565. The largest absolute Gasteiger partial charge is 0.507 e. The molecule has 0 unspecified atom stereocenters. The van der Waals surface area contributed by atoms with Gasteiger partial charge in [0, 0.05) is 6.20 Å². The van der Waals surface area contributed by atoms with Gasteiger partial charge >= 0.3 is 0 Å². The van der Waals surface area contributed by atoms with Gasteiger partial charge in [-0.05, 0) is 54.3 Å². The highest BCUT2D eigenvalue weighted by atomic mass is 16.5. The summed E-state index contributed by atoms with van der Waals surface area (Å²) in [6.45, 7) is 2.75. The van der Waals surface area contributed by atoms with Gasteiger partial charge in [0.25, 0.3) is 0 Å². The number of phenolic OH excluding ortho intramolecular Hbond substituents is 2. The summed E-state index contributed by atoms with van der Waals surface area (Å²) in [5.74, 6) is 0.946. The van der Waals surface area contributed by atoms with E-state index in [1.807, 2.05) is 30.5 Å². The fourth-order valence-corrected chi connectivity index (χ4v) is 3.16. The minimum atomic E-state index is 0.0659. The van der Waals surface area contributed by atoms with Crippen LogP contribution in [0, 0.1) is 0 Å². The summed E-state index contributed by atoms with van der Waals surface area (Å²) in [5, 5.41) is 25.3. The van der Waals surface area contributed by atoms with Crippen molar-refractivity contribution in [2.75, 3.05) is 7.11 Å². The molecule has 2 N–H and O–H groups in total. The van der Waals surface area contributed by atoms with E-state index in [1.54, 1.807) is 30.0 Å². The lowest BCUT2D eigenvalue weighted by Crippen LogP contribution is -2.00. The van der Waals surface area contributed by atoms with Crippen LogP contribution in [0.15, 0.2) is 48.7 Å². The predicted molar refractivity (Wildman–Crippen MR) is 106 cm³/mol. The average molecular weight is 366 g/mol. The molecule has 0 aliphatic carbocycles. The molecule has 0 aliphatic rings. The Morgan fingerprint density at radius 3 is 2.30 bits per heavy atom. The van der Waals surface area contributed by atoms with E-state index in [9.17, 15) is 10.2 Å². The second kappa shape index (κ2) is 8.62. The first-order chi connectivity index (χ1) is 13.1. The Bertz CT molecular complexity index is 862. The third-order valence-electron chi connectivity index (χ3n) is 4.63. The summed E-state index contributed by atoms with van der Waals surface area (Å²) in [7, 11) is 1.64. The van der Waals surface area contributed by atoms with E-state index in [0.717, 1.165) is 42.6 Å². The van der Waals surface area contributed by atoms with E-state index in [-0.39, 0.29) is 11.5 Å². The topological polar surface area (TPSA) is 67.5 Å². The van der Waals surface area contributed by atoms with Crippen molar-refractivity contribution in [3.63, 3.8) is 0 Å². The van der Waals surface area contributed by atoms with Gasteiger partial charge in [-0.3, -0.25) is 4.68 Å². The number of aromatic nitrogens is 2. The molecule has 0 saturated heterocycles. The maximum Gasteiger partial charge on any atom is 0.129 e. The molecule has 0 amide bonds. The summed E-state index contributed by atoms with van der Waals surface area (Å²) >= 11 is 0. The Hall–Kier alpha value is -2.95. The molecule has 0 saturated carbocycles. The smallest absolute Gasteiger partial charge is 0.129 e. The zero-order chi connectivity index (χ0) is 19.2. The highest BCUT2D eigenvalue weighted by Crippen LogP contribution is 2.37. The standard InChI is InChI=1S/C22H26N2O3/c1-3-4-5-6-17-13-20(25)22(21(26)14-17)19-11-12-24(23-19)15-16-7-9-18(27-2)10-8-16/h7-14,25-26H,3-6,15H2,1-2H3. The molecule has 0 fully saturated rings. The van der Waals surface area contributed by atoms with Gasteiger partial charge < -0.3 is 14.9 Å². The molecule has 0 aliphatic heterocycles. The second-order valence-electron chi connectivity index (χ2n) is 6.71. The zero-order valence-electron chi connectivity index (χ0n) is 15.9. The molecule has 0 atom stereocenters. The lowest BCUT2D eigenvalue weighted by atomic mass is 10.0. The van der Waals surface area contributed by atoms with Crippen LogP contribution in [-0.2, 0) is 13.0 Å². The van der Waals surface area contributed by atoms with E-state index in [4.69, 9.17) is 4.74 Å². The number of aromatic hydroxyl groups is 2. The summed E-state index contributed by atoms with van der Waals surface area (Å²) in [5.41, 5.74) is 2.96. The number of ether oxygens (including phenoxy) is 1. The first kappa shape index (κ1) is 18.8. The lowest BCUT2D eigenvalue weighted by Gasteiger charge is -2.09. The molecular formula is C22H26N2O3. The first-order valence-corrected chi connectivity index (χ1v) is 9.32. The van der Waals surface area contributed by atoms with Gasteiger partial charge in [0.15, 0.2) is 0 Å². The number of methoxy groups -OCH3 is 1. The van der Waals surface area contributed by atoms with Crippen LogP contribution in [-0.4, -0.2) is 27.1 Å². The van der Waals surface area contributed by atoms with Crippen LogP contribution in [0.5, 0.6) is 17.2 Å². The molecule has 5 heteroatoms. The van der Waals surface area contributed by atoms with E-state index < -0.39 is 0 Å². The Morgan fingerprint density at radius 1 is 0.963 bits per heavy atom. The molecule has 0 bridgehead atoms. The SMILES string of the molecule is CCCCCc1cc(O)c(-c2ccn(Cc3ccc(OC)cc3)n2)c(O)c1. The van der Waals surface area contributed by atoms with E-state index in [1.165, 1.54) is 0 Å². The molecule has 1 aromatic heterocycles. The number of unbranched alkanes of at least 4 members (excludes halogenated alkanes) is 2. The Labute approximate surface area is 159 Å². The summed E-state index contributed by atoms with van der Waals surface area (Å²) in [6, 6.07) is 13.1. The molecule has 1 heterocycles. The van der Waals surface area contributed by atoms with Crippen molar-refractivity contribution in [2.45, 2.75) is 39.2 Å². The number of nitrogens with zero attached hydrogens (tertiary/aromatic N) is 2. The van der Waals surface area contributed by atoms with Crippen molar-refractivity contribution in [3.05, 3.63) is 59.8 Å².